The van der Waals surface area contributed by atoms with Crippen LogP contribution in [0.4, 0.5) is 4.79 Å². The number of carbonyl (C=O) groups is 6. The Morgan fingerprint density at radius 3 is 1.90 bits per heavy atom. The van der Waals surface area contributed by atoms with E-state index in [1.54, 1.807) is 0 Å². The van der Waals surface area contributed by atoms with Gasteiger partial charge in [-0.05, 0) is 55.8 Å². The maximum atomic E-state index is 14.1. The first-order valence-corrected chi connectivity index (χ1v) is 15.2. The number of likely N-dealkylation sites (tertiary alicyclic amines) is 1. The molecule has 0 aromatic carbocycles. The van der Waals surface area contributed by atoms with E-state index in [4.69, 9.17) is 5.73 Å². The fourth-order valence-electron chi connectivity index (χ4n) is 5.48. The van der Waals surface area contributed by atoms with Crippen LogP contribution in [0.15, 0.2) is 0 Å². The van der Waals surface area contributed by atoms with E-state index in [-0.39, 0.29) is 42.2 Å². The van der Waals surface area contributed by atoms with Crippen molar-refractivity contribution in [2.45, 2.75) is 118 Å². The van der Waals surface area contributed by atoms with Crippen LogP contribution in [-0.2, 0) is 24.0 Å². The Morgan fingerprint density at radius 2 is 1.45 bits per heavy atom. The smallest absolute Gasteiger partial charge is 0.316 e. The Morgan fingerprint density at radius 1 is 0.857 bits per heavy atom. The topological polar surface area (TPSA) is 180 Å². The number of nitrogens with zero attached hydrogens (tertiary/aromatic N) is 1. The second-order valence-electron chi connectivity index (χ2n) is 13.9. The molecule has 6 N–H and O–H groups in total. The van der Waals surface area contributed by atoms with Crippen LogP contribution in [0.3, 0.4) is 0 Å². The number of amides is 6. The molecule has 2 fully saturated rings. The third kappa shape index (κ3) is 9.42. The molecule has 1 saturated heterocycles. The Labute approximate surface area is 250 Å². The number of nitrogens with one attached hydrogen (secondary N) is 4. The predicted octanol–water partition coefficient (Wildman–Crippen LogP) is 1.46. The summed E-state index contributed by atoms with van der Waals surface area (Å²) >= 11 is 0. The number of urea groups is 1. The summed E-state index contributed by atoms with van der Waals surface area (Å²) in [6.45, 7) is 16.9. The van der Waals surface area contributed by atoms with Gasteiger partial charge in [-0.1, -0.05) is 61.3 Å². The van der Waals surface area contributed by atoms with Gasteiger partial charge in [-0.3, -0.25) is 24.0 Å². The van der Waals surface area contributed by atoms with Crippen molar-refractivity contribution in [3.8, 4) is 0 Å². The number of hydrogen-bond donors (Lipinski definition) is 5. The van der Waals surface area contributed by atoms with Gasteiger partial charge in [0.1, 0.15) is 18.1 Å². The van der Waals surface area contributed by atoms with Crippen LogP contribution in [-0.4, -0.2) is 77.1 Å². The minimum Gasteiger partial charge on any atom is -0.363 e. The lowest BCUT2D eigenvalue weighted by Crippen LogP contribution is -2.62. The van der Waals surface area contributed by atoms with Crippen LogP contribution >= 0.6 is 0 Å². The molecular weight excluding hydrogens is 540 g/mol. The van der Waals surface area contributed by atoms with E-state index in [2.05, 4.69) is 21.3 Å². The van der Waals surface area contributed by atoms with E-state index in [0.717, 1.165) is 12.8 Å². The Bertz CT molecular complexity index is 1030. The average Bonchev–Trinajstić information content (AvgIpc) is 3.56. The van der Waals surface area contributed by atoms with Crippen LogP contribution in [0.5, 0.6) is 0 Å². The predicted molar refractivity (Wildman–Crippen MR) is 159 cm³/mol. The number of primary amides is 1. The van der Waals surface area contributed by atoms with Crippen LogP contribution in [0.25, 0.3) is 0 Å². The van der Waals surface area contributed by atoms with Gasteiger partial charge in [-0.15, -0.1) is 0 Å². The highest BCUT2D eigenvalue weighted by atomic mass is 16.2. The molecule has 0 aromatic rings. The summed E-state index contributed by atoms with van der Waals surface area (Å²) in [6.07, 6.45) is 2.72. The van der Waals surface area contributed by atoms with E-state index in [9.17, 15) is 28.8 Å². The Kier molecular flexibility index (Phi) is 11.9. The highest BCUT2D eigenvalue weighted by Crippen LogP contribution is 2.35. The molecule has 1 aliphatic carbocycles. The molecule has 6 amide bonds. The molecule has 0 bridgehead atoms. The quantitative estimate of drug-likeness (QED) is 0.202. The molecule has 42 heavy (non-hydrogen) atoms. The van der Waals surface area contributed by atoms with Crippen LogP contribution in [0.1, 0.15) is 88.0 Å². The van der Waals surface area contributed by atoms with Gasteiger partial charge in [0, 0.05) is 12.6 Å². The Balaban J connectivity index is 2.30. The summed E-state index contributed by atoms with van der Waals surface area (Å²) in [5.74, 6) is -3.34. The van der Waals surface area contributed by atoms with Crippen LogP contribution in [0, 0.1) is 29.1 Å². The summed E-state index contributed by atoms with van der Waals surface area (Å²) in [5, 5.41) is 11.0. The maximum Gasteiger partial charge on any atom is 0.316 e. The number of Topliss-reactive ketones (excluding diaryl/α,β-unsaturated/α-hetero) is 1. The largest absolute Gasteiger partial charge is 0.363 e. The normalized spacial score (nSPS) is 21.1. The highest BCUT2D eigenvalue weighted by Gasteiger charge is 2.48. The molecule has 2 rings (SSSR count). The summed E-state index contributed by atoms with van der Waals surface area (Å²) in [4.78, 5) is 79.4. The van der Waals surface area contributed by atoms with Crippen molar-refractivity contribution >= 4 is 35.4 Å². The minimum atomic E-state index is -1.11. The number of ketones is 1. The molecule has 0 spiro atoms. The minimum absolute atomic E-state index is 0.0443. The molecule has 12 heteroatoms. The first-order valence-electron chi connectivity index (χ1n) is 15.2. The monoisotopic (exact) mass is 592 g/mol. The van der Waals surface area contributed by atoms with Gasteiger partial charge in [0.2, 0.25) is 23.5 Å². The molecule has 0 aromatic heterocycles. The first-order chi connectivity index (χ1) is 19.3. The number of hydrogen-bond acceptors (Lipinski definition) is 6. The van der Waals surface area contributed by atoms with E-state index in [0.29, 0.717) is 12.8 Å². The van der Waals surface area contributed by atoms with Crippen molar-refractivity contribution in [2.75, 3.05) is 6.54 Å². The lowest BCUT2D eigenvalue weighted by atomic mass is 9.84. The molecule has 238 valence electrons. The summed E-state index contributed by atoms with van der Waals surface area (Å²) in [7, 11) is 0. The van der Waals surface area contributed by atoms with Gasteiger partial charge in [-0.2, -0.15) is 0 Å². The van der Waals surface area contributed by atoms with E-state index in [1.165, 1.54) is 4.90 Å². The standard InChI is InChI=1S/C30H52N6O6/c1-15(2)19-12-13-36(22(19)27(40)33-20(14-18-10-11-18)23(37)25(31)38)28(41)24(30(7,8)9)35-29(42)34-21(16(3)4)26(39)32-17(5)6/h15-22,24H,10-14H2,1-9H3,(H2,31,38)(H,32,39)(H,33,40)(H2,34,35,42)/t19-,20?,21+,22+,24-/m1/s1. The second kappa shape index (κ2) is 14.3. The van der Waals surface area contributed by atoms with Gasteiger partial charge in [0.25, 0.3) is 5.91 Å². The van der Waals surface area contributed by atoms with Crippen molar-refractivity contribution in [1.29, 1.82) is 0 Å². The number of rotatable bonds is 13. The summed E-state index contributed by atoms with van der Waals surface area (Å²) in [6, 6.07) is -4.55. The fraction of sp³-hybridized carbons (Fsp3) is 0.800. The zero-order valence-electron chi connectivity index (χ0n) is 26.7. The van der Waals surface area contributed by atoms with E-state index in [1.807, 2.05) is 62.3 Å². The average molecular weight is 593 g/mol. The van der Waals surface area contributed by atoms with Crippen molar-refractivity contribution in [1.82, 2.24) is 26.2 Å². The molecular formula is C30H52N6O6. The van der Waals surface area contributed by atoms with Crippen molar-refractivity contribution < 1.29 is 28.8 Å². The highest BCUT2D eigenvalue weighted by molar-refractivity contribution is 6.37. The third-order valence-corrected chi connectivity index (χ3v) is 8.05. The Hall–Kier alpha value is -3.18. The van der Waals surface area contributed by atoms with Gasteiger partial charge in [-0.25, -0.2) is 4.79 Å². The molecule has 1 heterocycles. The van der Waals surface area contributed by atoms with Crippen LogP contribution < -0.4 is 27.0 Å². The molecule has 1 aliphatic heterocycles. The molecule has 1 unspecified atom stereocenters. The van der Waals surface area contributed by atoms with Gasteiger partial charge in [0.15, 0.2) is 0 Å². The van der Waals surface area contributed by atoms with Crippen molar-refractivity contribution in [2.24, 2.45) is 34.8 Å². The van der Waals surface area contributed by atoms with E-state index < -0.39 is 59.1 Å². The van der Waals surface area contributed by atoms with E-state index >= 15 is 0 Å². The zero-order chi connectivity index (χ0) is 32.1. The fourth-order valence-corrected chi connectivity index (χ4v) is 5.48. The van der Waals surface area contributed by atoms with Crippen molar-refractivity contribution in [3.63, 3.8) is 0 Å². The molecule has 0 radical (unpaired) electrons. The van der Waals surface area contributed by atoms with Crippen LogP contribution in [0.2, 0.25) is 0 Å². The van der Waals surface area contributed by atoms with Gasteiger partial charge >= 0.3 is 6.03 Å². The SMILES string of the molecule is CC(C)NC(=O)[C@@H](NC(=O)N[C@H](C(=O)N1CC[C@H](C(C)C)[C@H]1C(=O)NC(CC1CC1)C(=O)C(N)=O)C(C)(C)C)C(C)C. The van der Waals surface area contributed by atoms with Crippen molar-refractivity contribution in [3.05, 3.63) is 0 Å². The lowest BCUT2D eigenvalue weighted by Gasteiger charge is -2.37. The number of carbonyl (C=O) groups excluding carboxylic acids is 6. The second-order valence-corrected chi connectivity index (χ2v) is 13.9. The molecule has 2 aliphatic rings. The van der Waals surface area contributed by atoms with Gasteiger partial charge in [0.05, 0.1) is 6.04 Å². The molecule has 1 saturated carbocycles. The zero-order valence-corrected chi connectivity index (χ0v) is 26.7. The summed E-state index contributed by atoms with van der Waals surface area (Å²) in [5.41, 5.74) is 4.53. The molecule has 5 atom stereocenters. The third-order valence-electron chi connectivity index (χ3n) is 8.05. The number of nitrogens with two attached hydrogens (primary N) is 1. The molecule has 12 nitrogen and oxygen atoms in total. The summed E-state index contributed by atoms with van der Waals surface area (Å²) < 4.78 is 0. The first kappa shape index (κ1) is 35.0. The maximum absolute atomic E-state index is 14.1. The lowest BCUT2D eigenvalue weighted by molar-refractivity contribution is -0.144. The van der Waals surface area contributed by atoms with Gasteiger partial charge < -0.3 is 31.9 Å².